The SMILES string of the molecule is CSC1=C(SC)SC(=Cc2ccco2)S1. The first-order valence-electron chi connectivity index (χ1n) is 4.26. The number of hydrogen-bond donors (Lipinski definition) is 0. The van der Waals surface area contributed by atoms with Crippen LogP contribution in [0.3, 0.4) is 0 Å². The summed E-state index contributed by atoms with van der Waals surface area (Å²) in [6.45, 7) is 0. The molecule has 0 atom stereocenters. The van der Waals surface area contributed by atoms with Crippen molar-refractivity contribution in [3.63, 3.8) is 0 Å². The molecule has 15 heavy (non-hydrogen) atoms. The summed E-state index contributed by atoms with van der Waals surface area (Å²) in [6.07, 6.45) is 8.04. The van der Waals surface area contributed by atoms with Gasteiger partial charge in [0.2, 0.25) is 0 Å². The Balaban J connectivity index is 2.12. The van der Waals surface area contributed by atoms with Gasteiger partial charge in [-0.1, -0.05) is 23.5 Å². The van der Waals surface area contributed by atoms with Gasteiger partial charge in [-0.3, -0.25) is 0 Å². The van der Waals surface area contributed by atoms with Gasteiger partial charge in [0.15, 0.2) is 0 Å². The van der Waals surface area contributed by atoms with Crippen molar-refractivity contribution in [3.05, 3.63) is 36.9 Å². The fourth-order valence-electron chi connectivity index (χ4n) is 1.09. The van der Waals surface area contributed by atoms with E-state index in [1.165, 1.54) is 12.7 Å². The lowest BCUT2D eigenvalue weighted by atomic mass is 10.4. The molecule has 0 bridgehead atoms. The van der Waals surface area contributed by atoms with E-state index in [1.807, 2.05) is 59.2 Å². The Morgan fingerprint density at radius 3 is 2.33 bits per heavy atom. The number of furan rings is 1. The third-order valence-electron chi connectivity index (χ3n) is 1.73. The molecule has 2 rings (SSSR count). The zero-order valence-electron chi connectivity index (χ0n) is 8.35. The van der Waals surface area contributed by atoms with Crippen molar-refractivity contribution < 1.29 is 4.42 Å². The first-order valence-corrected chi connectivity index (χ1v) is 8.35. The van der Waals surface area contributed by atoms with Crippen molar-refractivity contribution in [3.8, 4) is 0 Å². The highest BCUT2D eigenvalue weighted by Crippen LogP contribution is 2.56. The molecule has 0 radical (unpaired) electrons. The van der Waals surface area contributed by atoms with Crippen LogP contribution < -0.4 is 0 Å². The lowest BCUT2D eigenvalue weighted by Crippen LogP contribution is -1.63. The molecule has 0 fully saturated rings. The molecule has 0 N–H and O–H groups in total. The van der Waals surface area contributed by atoms with Crippen LogP contribution in [0.25, 0.3) is 6.08 Å². The molecule has 0 spiro atoms. The molecule has 0 aliphatic carbocycles. The third-order valence-corrected chi connectivity index (χ3v) is 6.81. The van der Waals surface area contributed by atoms with Crippen LogP contribution in [0, 0.1) is 0 Å². The summed E-state index contributed by atoms with van der Waals surface area (Å²) in [4.78, 5) is 0. The summed E-state index contributed by atoms with van der Waals surface area (Å²) in [6, 6.07) is 3.89. The van der Waals surface area contributed by atoms with Crippen molar-refractivity contribution >= 4 is 53.1 Å². The quantitative estimate of drug-likeness (QED) is 0.774. The molecule has 2 heterocycles. The molecule has 0 saturated carbocycles. The first-order chi connectivity index (χ1) is 7.33. The van der Waals surface area contributed by atoms with E-state index in [1.54, 1.807) is 6.26 Å². The Morgan fingerprint density at radius 1 is 1.20 bits per heavy atom. The Morgan fingerprint density at radius 2 is 1.87 bits per heavy atom. The average molecular weight is 274 g/mol. The van der Waals surface area contributed by atoms with Crippen molar-refractivity contribution in [2.24, 2.45) is 0 Å². The Kier molecular flexibility index (Phi) is 4.25. The Labute approximate surface area is 107 Å². The van der Waals surface area contributed by atoms with Crippen molar-refractivity contribution in [1.82, 2.24) is 0 Å². The van der Waals surface area contributed by atoms with E-state index >= 15 is 0 Å². The lowest BCUT2D eigenvalue weighted by Gasteiger charge is -1.94. The first kappa shape index (κ1) is 11.6. The van der Waals surface area contributed by atoms with Crippen LogP contribution in [0.4, 0.5) is 0 Å². The molecule has 0 amide bonds. The molecular formula is C10H10OS4. The molecule has 0 unspecified atom stereocenters. The predicted molar refractivity (Wildman–Crippen MR) is 75.9 cm³/mol. The Bertz CT molecular complexity index is 374. The summed E-state index contributed by atoms with van der Waals surface area (Å²) in [7, 11) is 0. The monoisotopic (exact) mass is 274 g/mol. The zero-order valence-corrected chi connectivity index (χ0v) is 11.6. The van der Waals surface area contributed by atoms with E-state index in [9.17, 15) is 0 Å². The highest BCUT2D eigenvalue weighted by molar-refractivity contribution is 8.40. The minimum Gasteiger partial charge on any atom is -0.465 e. The number of thioether (sulfide) groups is 4. The molecule has 0 saturated heterocycles. The molecule has 1 aliphatic heterocycles. The molecule has 1 aliphatic rings. The normalized spacial score (nSPS) is 16.3. The summed E-state index contributed by atoms with van der Waals surface area (Å²) in [5.41, 5.74) is 0. The maximum Gasteiger partial charge on any atom is 0.128 e. The second-order valence-electron chi connectivity index (χ2n) is 2.67. The van der Waals surface area contributed by atoms with Crippen LogP contribution in [0.5, 0.6) is 0 Å². The molecular weight excluding hydrogens is 264 g/mol. The number of hydrogen-bond acceptors (Lipinski definition) is 5. The summed E-state index contributed by atoms with van der Waals surface area (Å²) < 4.78 is 9.38. The van der Waals surface area contributed by atoms with Gasteiger partial charge in [-0.25, -0.2) is 0 Å². The number of rotatable bonds is 3. The van der Waals surface area contributed by atoms with Gasteiger partial charge in [-0.15, -0.1) is 23.5 Å². The van der Waals surface area contributed by atoms with Gasteiger partial charge < -0.3 is 4.42 Å². The van der Waals surface area contributed by atoms with Crippen molar-refractivity contribution in [2.45, 2.75) is 0 Å². The van der Waals surface area contributed by atoms with E-state index < -0.39 is 0 Å². The van der Waals surface area contributed by atoms with Crippen LogP contribution in [0.15, 0.2) is 35.5 Å². The van der Waals surface area contributed by atoms with Crippen molar-refractivity contribution in [2.75, 3.05) is 12.5 Å². The average Bonchev–Trinajstić information content (AvgIpc) is 2.87. The zero-order chi connectivity index (χ0) is 10.7. The molecule has 1 aromatic heterocycles. The van der Waals surface area contributed by atoms with Gasteiger partial charge in [0.1, 0.15) is 5.76 Å². The fourth-order valence-corrected chi connectivity index (χ4v) is 5.99. The van der Waals surface area contributed by atoms with Crippen LogP contribution in [-0.4, -0.2) is 12.5 Å². The molecule has 1 nitrogen and oxygen atoms in total. The van der Waals surface area contributed by atoms with Crippen molar-refractivity contribution in [1.29, 1.82) is 0 Å². The molecule has 0 aromatic carbocycles. The van der Waals surface area contributed by atoms with Gasteiger partial charge in [-0.2, -0.15) is 0 Å². The lowest BCUT2D eigenvalue weighted by molar-refractivity contribution is 0.557. The minimum absolute atomic E-state index is 0.924. The largest absolute Gasteiger partial charge is 0.465 e. The fraction of sp³-hybridized carbons (Fsp3) is 0.200. The van der Waals surface area contributed by atoms with Gasteiger partial charge >= 0.3 is 0 Å². The summed E-state index contributed by atoms with van der Waals surface area (Å²) >= 11 is 7.28. The van der Waals surface area contributed by atoms with E-state index in [0.29, 0.717) is 0 Å². The highest BCUT2D eigenvalue weighted by atomic mass is 32.3. The van der Waals surface area contributed by atoms with E-state index in [4.69, 9.17) is 4.42 Å². The van der Waals surface area contributed by atoms with E-state index in [2.05, 4.69) is 18.6 Å². The van der Waals surface area contributed by atoms with Gasteiger partial charge in [0.25, 0.3) is 0 Å². The highest BCUT2D eigenvalue weighted by Gasteiger charge is 2.19. The van der Waals surface area contributed by atoms with Crippen LogP contribution in [0.1, 0.15) is 5.76 Å². The van der Waals surface area contributed by atoms with Crippen LogP contribution >= 0.6 is 47.0 Å². The topological polar surface area (TPSA) is 13.1 Å². The Hall–Kier alpha value is 0.160. The second-order valence-corrected chi connectivity index (χ2v) is 7.18. The van der Waals surface area contributed by atoms with Crippen LogP contribution in [-0.2, 0) is 0 Å². The van der Waals surface area contributed by atoms with Gasteiger partial charge in [0, 0.05) is 6.08 Å². The second kappa shape index (κ2) is 5.48. The summed E-state index contributed by atoms with van der Waals surface area (Å²) in [5.74, 6) is 0.924. The summed E-state index contributed by atoms with van der Waals surface area (Å²) in [5, 5.41) is 0. The molecule has 1 aromatic rings. The van der Waals surface area contributed by atoms with E-state index in [0.717, 1.165) is 5.76 Å². The smallest absolute Gasteiger partial charge is 0.128 e. The maximum atomic E-state index is 5.30. The maximum absolute atomic E-state index is 5.30. The van der Waals surface area contributed by atoms with E-state index in [-0.39, 0.29) is 0 Å². The third kappa shape index (κ3) is 2.84. The van der Waals surface area contributed by atoms with Crippen LogP contribution in [0.2, 0.25) is 0 Å². The standard InChI is InChI=1S/C10H10OS4/c1-12-9-10(13-2)15-8(14-9)6-7-4-3-5-11-7/h3-6H,1-2H3. The minimum atomic E-state index is 0.924. The van der Waals surface area contributed by atoms with Gasteiger partial charge in [-0.05, 0) is 24.6 Å². The molecule has 5 heteroatoms. The molecule has 80 valence electrons. The predicted octanol–water partition coefficient (Wildman–Crippen LogP) is 4.91. The van der Waals surface area contributed by atoms with Gasteiger partial charge in [0.05, 0.1) is 19.0 Å².